The monoisotopic (exact) mass is 254 g/mol. The molecular weight excluding hydrogens is 243 g/mol. The predicted molar refractivity (Wildman–Crippen MR) is 70.1 cm³/mol. The molecule has 4 heteroatoms. The molecule has 0 heterocycles. The first-order valence-electron chi connectivity index (χ1n) is 5.72. The van der Waals surface area contributed by atoms with Crippen LogP contribution in [-0.2, 0) is 6.42 Å². The van der Waals surface area contributed by atoms with Gasteiger partial charge < -0.3 is 5.32 Å². The van der Waals surface area contributed by atoms with Gasteiger partial charge in [0.1, 0.15) is 5.82 Å². The van der Waals surface area contributed by atoms with E-state index in [0.29, 0.717) is 11.3 Å². The zero-order valence-electron chi connectivity index (χ0n) is 10.1. The molecule has 2 rings (SSSR count). The molecule has 3 nitrogen and oxygen atoms in total. The highest BCUT2D eigenvalue weighted by atomic mass is 19.1. The van der Waals surface area contributed by atoms with E-state index >= 15 is 0 Å². The van der Waals surface area contributed by atoms with E-state index in [4.69, 9.17) is 5.26 Å². The van der Waals surface area contributed by atoms with Gasteiger partial charge in [-0.05, 0) is 42.0 Å². The first-order chi connectivity index (χ1) is 9.19. The highest BCUT2D eigenvalue weighted by Gasteiger charge is 2.06. The third-order valence-electron chi connectivity index (χ3n) is 2.57. The van der Waals surface area contributed by atoms with E-state index in [9.17, 15) is 9.18 Å². The second-order valence-corrected chi connectivity index (χ2v) is 4.00. The molecule has 0 aliphatic carbocycles. The topological polar surface area (TPSA) is 52.9 Å². The molecule has 19 heavy (non-hydrogen) atoms. The summed E-state index contributed by atoms with van der Waals surface area (Å²) in [6, 6.07) is 14.4. The van der Waals surface area contributed by atoms with E-state index in [1.54, 1.807) is 24.3 Å². The van der Waals surface area contributed by atoms with E-state index in [1.165, 1.54) is 24.3 Å². The van der Waals surface area contributed by atoms with Crippen molar-refractivity contribution in [2.24, 2.45) is 0 Å². The third kappa shape index (κ3) is 3.39. The SMILES string of the molecule is N#CCc1cccc(C(=O)Nc2ccc(F)cc2)c1. The molecule has 0 aliphatic heterocycles. The molecular formula is C15H11FN2O. The summed E-state index contributed by atoms with van der Waals surface area (Å²) < 4.78 is 12.7. The number of rotatable bonds is 3. The fourth-order valence-corrected chi connectivity index (χ4v) is 1.65. The lowest BCUT2D eigenvalue weighted by atomic mass is 10.1. The van der Waals surface area contributed by atoms with Crippen LogP contribution in [0.1, 0.15) is 15.9 Å². The standard InChI is InChI=1S/C15H11FN2O/c16-13-4-6-14(7-5-13)18-15(19)12-3-1-2-11(10-12)8-9-17/h1-7,10H,8H2,(H,18,19). The van der Waals surface area contributed by atoms with Crippen molar-refractivity contribution in [1.82, 2.24) is 0 Å². The summed E-state index contributed by atoms with van der Waals surface area (Å²) in [6.07, 6.45) is 0.262. The highest BCUT2D eigenvalue weighted by molar-refractivity contribution is 6.04. The van der Waals surface area contributed by atoms with Crippen molar-refractivity contribution in [2.75, 3.05) is 5.32 Å². The number of amides is 1. The van der Waals surface area contributed by atoms with Gasteiger partial charge in [-0.3, -0.25) is 4.79 Å². The number of benzene rings is 2. The minimum absolute atomic E-state index is 0.262. The lowest BCUT2D eigenvalue weighted by molar-refractivity contribution is 0.102. The fourth-order valence-electron chi connectivity index (χ4n) is 1.65. The van der Waals surface area contributed by atoms with Crippen LogP contribution in [0.15, 0.2) is 48.5 Å². The Hall–Kier alpha value is -2.67. The Morgan fingerprint density at radius 2 is 1.95 bits per heavy atom. The van der Waals surface area contributed by atoms with Gasteiger partial charge in [-0.1, -0.05) is 12.1 Å². The number of nitriles is 1. The molecule has 2 aromatic rings. The molecule has 0 bridgehead atoms. The lowest BCUT2D eigenvalue weighted by Gasteiger charge is -2.06. The number of nitrogens with one attached hydrogen (secondary N) is 1. The van der Waals surface area contributed by atoms with E-state index in [0.717, 1.165) is 5.56 Å². The van der Waals surface area contributed by atoms with Crippen molar-refractivity contribution in [3.8, 4) is 6.07 Å². The van der Waals surface area contributed by atoms with Crippen LogP contribution in [0.3, 0.4) is 0 Å². The van der Waals surface area contributed by atoms with Crippen LogP contribution in [0.5, 0.6) is 0 Å². The molecule has 0 spiro atoms. The minimum Gasteiger partial charge on any atom is -0.322 e. The molecule has 1 N–H and O–H groups in total. The van der Waals surface area contributed by atoms with E-state index in [-0.39, 0.29) is 18.1 Å². The fraction of sp³-hybridized carbons (Fsp3) is 0.0667. The number of halogens is 1. The summed E-state index contributed by atoms with van der Waals surface area (Å²) in [6.45, 7) is 0. The van der Waals surface area contributed by atoms with Gasteiger partial charge in [0, 0.05) is 11.3 Å². The average Bonchev–Trinajstić information content (AvgIpc) is 2.42. The Bertz CT molecular complexity index is 629. The van der Waals surface area contributed by atoms with Crippen molar-refractivity contribution in [3.05, 3.63) is 65.5 Å². The predicted octanol–water partition coefficient (Wildman–Crippen LogP) is 3.14. The van der Waals surface area contributed by atoms with Crippen LogP contribution in [0, 0.1) is 17.1 Å². The maximum atomic E-state index is 12.7. The Morgan fingerprint density at radius 3 is 2.63 bits per heavy atom. The maximum absolute atomic E-state index is 12.7. The van der Waals surface area contributed by atoms with E-state index in [2.05, 4.69) is 5.32 Å². The molecule has 0 unspecified atom stereocenters. The highest BCUT2D eigenvalue weighted by Crippen LogP contribution is 2.12. The lowest BCUT2D eigenvalue weighted by Crippen LogP contribution is -2.12. The summed E-state index contributed by atoms with van der Waals surface area (Å²) in [4.78, 5) is 12.0. The van der Waals surface area contributed by atoms with Crippen molar-refractivity contribution in [3.63, 3.8) is 0 Å². The first kappa shape index (κ1) is 12.8. The van der Waals surface area contributed by atoms with Crippen LogP contribution in [0.2, 0.25) is 0 Å². The molecule has 0 saturated carbocycles. The van der Waals surface area contributed by atoms with Crippen molar-refractivity contribution in [2.45, 2.75) is 6.42 Å². The number of anilines is 1. The maximum Gasteiger partial charge on any atom is 0.255 e. The molecule has 0 fully saturated rings. The van der Waals surface area contributed by atoms with Crippen molar-refractivity contribution < 1.29 is 9.18 Å². The number of carbonyl (C=O) groups is 1. The number of nitrogens with zero attached hydrogens (tertiary/aromatic N) is 1. The second-order valence-electron chi connectivity index (χ2n) is 4.00. The van der Waals surface area contributed by atoms with Gasteiger partial charge in [0.05, 0.1) is 12.5 Å². The molecule has 94 valence electrons. The molecule has 0 saturated heterocycles. The van der Waals surface area contributed by atoms with Crippen LogP contribution in [0.4, 0.5) is 10.1 Å². The Morgan fingerprint density at radius 1 is 1.21 bits per heavy atom. The van der Waals surface area contributed by atoms with Crippen LogP contribution < -0.4 is 5.32 Å². The first-order valence-corrected chi connectivity index (χ1v) is 5.72. The molecule has 0 radical (unpaired) electrons. The Kier molecular flexibility index (Phi) is 3.89. The van der Waals surface area contributed by atoms with Crippen molar-refractivity contribution in [1.29, 1.82) is 5.26 Å². The average molecular weight is 254 g/mol. The zero-order chi connectivity index (χ0) is 13.7. The third-order valence-corrected chi connectivity index (χ3v) is 2.57. The zero-order valence-corrected chi connectivity index (χ0v) is 10.1. The van der Waals surface area contributed by atoms with Crippen LogP contribution in [-0.4, -0.2) is 5.91 Å². The minimum atomic E-state index is -0.353. The van der Waals surface area contributed by atoms with Crippen LogP contribution in [0.25, 0.3) is 0 Å². The Labute approximate surface area is 110 Å². The number of hydrogen-bond acceptors (Lipinski definition) is 2. The normalized spacial score (nSPS) is 9.68. The van der Waals surface area contributed by atoms with E-state index in [1.807, 2.05) is 6.07 Å². The molecule has 1 amide bonds. The summed E-state index contributed by atoms with van der Waals surface area (Å²) in [5.41, 5.74) is 1.78. The molecule has 2 aromatic carbocycles. The molecule has 0 atom stereocenters. The largest absolute Gasteiger partial charge is 0.322 e. The van der Waals surface area contributed by atoms with Gasteiger partial charge in [0.25, 0.3) is 5.91 Å². The van der Waals surface area contributed by atoms with Gasteiger partial charge in [0.2, 0.25) is 0 Å². The van der Waals surface area contributed by atoms with E-state index < -0.39 is 0 Å². The van der Waals surface area contributed by atoms with Gasteiger partial charge in [-0.2, -0.15) is 5.26 Å². The summed E-state index contributed by atoms with van der Waals surface area (Å²) in [5.74, 6) is -0.639. The number of hydrogen-bond donors (Lipinski definition) is 1. The summed E-state index contributed by atoms with van der Waals surface area (Å²) >= 11 is 0. The molecule has 0 aliphatic rings. The van der Waals surface area contributed by atoms with Gasteiger partial charge in [0.15, 0.2) is 0 Å². The molecule has 0 aromatic heterocycles. The number of carbonyl (C=O) groups excluding carboxylic acids is 1. The Balaban J connectivity index is 2.13. The summed E-state index contributed by atoms with van der Waals surface area (Å²) in [7, 11) is 0. The van der Waals surface area contributed by atoms with Gasteiger partial charge in [-0.25, -0.2) is 4.39 Å². The summed E-state index contributed by atoms with van der Waals surface area (Å²) in [5, 5.41) is 11.3. The smallest absolute Gasteiger partial charge is 0.255 e. The second kappa shape index (κ2) is 5.78. The van der Waals surface area contributed by atoms with Gasteiger partial charge in [-0.15, -0.1) is 0 Å². The van der Waals surface area contributed by atoms with Gasteiger partial charge >= 0.3 is 0 Å². The quantitative estimate of drug-likeness (QED) is 0.914. The van der Waals surface area contributed by atoms with Crippen molar-refractivity contribution >= 4 is 11.6 Å². The van der Waals surface area contributed by atoms with Crippen LogP contribution >= 0.6 is 0 Å².